The Kier molecular flexibility index (Phi) is 9.92. The smallest absolute Gasteiger partial charge is 0.407 e. The van der Waals surface area contributed by atoms with Crippen LogP contribution < -0.4 is 16.4 Å². The molecule has 2 aromatic rings. The second-order valence-electron chi connectivity index (χ2n) is 7.01. The summed E-state index contributed by atoms with van der Waals surface area (Å²) in [7, 11) is 0. The molecule has 0 fully saturated rings. The van der Waals surface area contributed by atoms with Crippen LogP contribution in [-0.2, 0) is 27.4 Å². The Labute approximate surface area is 177 Å². The maximum Gasteiger partial charge on any atom is 0.407 e. The molecule has 0 aliphatic heterocycles. The third-order valence-electron chi connectivity index (χ3n) is 4.52. The van der Waals surface area contributed by atoms with Crippen molar-refractivity contribution in [3.05, 3.63) is 71.8 Å². The van der Waals surface area contributed by atoms with Gasteiger partial charge in [0, 0.05) is 19.4 Å². The van der Waals surface area contributed by atoms with Crippen molar-refractivity contribution in [2.45, 2.75) is 44.8 Å². The highest BCUT2D eigenvalue weighted by molar-refractivity contribution is 5.86. The third-order valence-corrected chi connectivity index (χ3v) is 4.52. The average Bonchev–Trinajstić information content (AvgIpc) is 2.75. The minimum atomic E-state index is -0.721. The number of benzene rings is 2. The van der Waals surface area contributed by atoms with Crippen molar-refractivity contribution in [1.82, 2.24) is 10.6 Å². The van der Waals surface area contributed by atoms with Gasteiger partial charge >= 0.3 is 6.09 Å². The van der Waals surface area contributed by atoms with Crippen molar-refractivity contribution in [2.24, 2.45) is 5.73 Å². The number of ether oxygens (including phenoxy) is 1. The van der Waals surface area contributed by atoms with E-state index in [4.69, 9.17) is 10.5 Å². The van der Waals surface area contributed by atoms with Crippen molar-refractivity contribution in [3.63, 3.8) is 0 Å². The van der Waals surface area contributed by atoms with Gasteiger partial charge in [-0.25, -0.2) is 4.79 Å². The SMILES string of the molecule is NC(=O)[C@@H](Cc1ccccc1)NC(=O)CCCCCNC(=O)OCc1ccccc1. The first kappa shape index (κ1) is 22.9. The van der Waals surface area contributed by atoms with Gasteiger partial charge in [0.2, 0.25) is 11.8 Å². The highest BCUT2D eigenvalue weighted by Crippen LogP contribution is 2.05. The van der Waals surface area contributed by atoms with E-state index >= 15 is 0 Å². The Balaban J connectivity index is 1.55. The van der Waals surface area contributed by atoms with Gasteiger partial charge in [0.05, 0.1) is 0 Å². The molecule has 3 amide bonds. The molecule has 0 aliphatic carbocycles. The molecule has 0 aliphatic rings. The highest BCUT2D eigenvalue weighted by atomic mass is 16.5. The summed E-state index contributed by atoms with van der Waals surface area (Å²) in [6.45, 7) is 0.712. The minimum Gasteiger partial charge on any atom is -0.445 e. The van der Waals surface area contributed by atoms with Crippen LogP contribution in [0.15, 0.2) is 60.7 Å². The molecule has 4 N–H and O–H groups in total. The molecule has 0 bridgehead atoms. The summed E-state index contributed by atoms with van der Waals surface area (Å²) in [6.07, 6.45) is 2.38. The monoisotopic (exact) mass is 411 g/mol. The summed E-state index contributed by atoms with van der Waals surface area (Å²) in [4.78, 5) is 35.4. The summed E-state index contributed by atoms with van der Waals surface area (Å²) < 4.78 is 5.13. The standard InChI is InChI=1S/C23H29N3O4/c24-22(28)20(16-18-10-4-1-5-11-18)26-21(27)14-8-3-9-15-25-23(29)30-17-19-12-6-2-7-13-19/h1-2,4-7,10-13,20H,3,8-9,14-17H2,(H2,24,28)(H,25,29)(H,26,27)/t20-/m1/s1. The summed E-state index contributed by atoms with van der Waals surface area (Å²) in [6, 6.07) is 18.2. The molecule has 30 heavy (non-hydrogen) atoms. The van der Waals surface area contributed by atoms with Gasteiger partial charge < -0.3 is 21.1 Å². The first-order chi connectivity index (χ1) is 14.5. The molecule has 1 atom stereocenters. The van der Waals surface area contributed by atoms with Crippen molar-refractivity contribution < 1.29 is 19.1 Å². The molecule has 0 spiro atoms. The van der Waals surface area contributed by atoms with Crippen molar-refractivity contribution in [1.29, 1.82) is 0 Å². The Hall–Kier alpha value is -3.35. The summed E-state index contributed by atoms with van der Waals surface area (Å²) >= 11 is 0. The lowest BCUT2D eigenvalue weighted by atomic mass is 10.1. The first-order valence-corrected chi connectivity index (χ1v) is 10.1. The molecule has 0 unspecified atom stereocenters. The van der Waals surface area contributed by atoms with Gasteiger partial charge in [-0.15, -0.1) is 0 Å². The van der Waals surface area contributed by atoms with Crippen molar-refractivity contribution in [3.8, 4) is 0 Å². The topological polar surface area (TPSA) is 111 Å². The zero-order valence-corrected chi connectivity index (χ0v) is 17.0. The normalized spacial score (nSPS) is 11.3. The van der Waals surface area contributed by atoms with Gasteiger partial charge in [0.25, 0.3) is 0 Å². The molecule has 0 saturated heterocycles. The fourth-order valence-corrected chi connectivity index (χ4v) is 2.89. The van der Waals surface area contributed by atoms with E-state index < -0.39 is 18.0 Å². The van der Waals surface area contributed by atoms with E-state index in [0.717, 1.165) is 24.0 Å². The van der Waals surface area contributed by atoms with Gasteiger partial charge in [-0.05, 0) is 24.0 Å². The van der Waals surface area contributed by atoms with Crippen molar-refractivity contribution in [2.75, 3.05) is 6.54 Å². The van der Waals surface area contributed by atoms with Gasteiger partial charge in [-0.1, -0.05) is 67.1 Å². The number of carbonyl (C=O) groups excluding carboxylic acids is 3. The molecule has 0 heterocycles. The largest absolute Gasteiger partial charge is 0.445 e. The molecule has 2 rings (SSSR count). The van der Waals surface area contributed by atoms with Crippen LogP contribution in [0.25, 0.3) is 0 Å². The van der Waals surface area contributed by atoms with E-state index in [2.05, 4.69) is 10.6 Å². The van der Waals surface area contributed by atoms with Gasteiger partial charge in [-0.3, -0.25) is 9.59 Å². The lowest BCUT2D eigenvalue weighted by Gasteiger charge is -2.15. The quantitative estimate of drug-likeness (QED) is 0.466. The van der Waals surface area contributed by atoms with E-state index in [1.807, 2.05) is 60.7 Å². The maximum absolute atomic E-state index is 12.1. The highest BCUT2D eigenvalue weighted by Gasteiger charge is 2.18. The second kappa shape index (κ2) is 13.0. The summed E-state index contributed by atoms with van der Waals surface area (Å²) in [5.74, 6) is -0.754. The number of nitrogens with one attached hydrogen (secondary N) is 2. The van der Waals surface area contributed by atoms with E-state index in [-0.39, 0.29) is 12.5 Å². The fraction of sp³-hybridized carbons (Fsp3) is 0.348. The van der Waals surface area contributed by atoms with Crippen LogP contribution in [-0.4, -0.2) is 30.5 Å². The van der Waals surface area contributed by atoms with Crippen LogP contribution in [0.3, 0.4) is 0 Å². The van der Waals surface area contributed by atoms with E-state index in [9.17, 15) is 14.4 Å². The van der Waals surface area contributed by atoms with Crippen LogP contribution in [0.5, 0.6) is 0 Å². The number of alkyl carbamates (subject to hydrolysis) is 1. The molecule has 0 saturated carbocycles. The molecule has 0 aromatic heterocycles. The fourth-order valence-electron chi connectivity index (χ4n) is 2.89. The predicted molar refractivity (Wildman–Crippen MR) is 114 cm³/mol. The maximum atomic E-state index is 12.1. The predicted octanol–water partition coefficient (Wildman–Crippen LogP) is 2.69. The molecule has 0 radical (unpaired) electrons. The van der Waals surface area contributed by atoms with Crippen LogP contribution >= 0.6 is 0 Å². The zero-order chi connectivity index (χ0) is 21.6. The summed E-state index contributed by atoms with van der Waals surface area (Å²) in [5.41, 5.74) is 7.28. The number of nitrogens with two attached hydrogens (primary N) is 1. The van der Waals surface area contributed by atoms with E-state index in [1.165, 1.54) is 0 Å². The number of unbranched alkanes of at least 4 members (excludes halogenated alkanes) is 2. The number of hydrogen-bond acceptors (Lipinski definition) is 4. The van der Waals surface area contributed by atoms with Gasteiger partial charge in [0.15, 0.2) is 0 Å². The van der Waals surface area contributed by atoms with Gasteiger partial charge in [-0.2, -0.15) is 0 Å². The molecule has 7 nitrogen and oxygen atoms in total. The number of primary amides is 1. The Bertz CT molecular complexity index is 797. The van der Waals surface area contributed by atoms with Crippen molar-refractivity contribution >= 4 is 17.9 Å². The Morgan fingerprint density at radius 2 is 1.50 bits per heavy atom. The van der Waals surface area contributed by atoms with E-state index in [1.54, 1.807) is 0 Å². The zero-order valence-electron chi connectivity index (χ0n) is 17.0. The van der Waals surface area contributed by atoms with Crippen LogP contribution in [0.1, 0.15) is 36.8 Å². The molecular formula is C23H29N3O4. The van der Waals surface area contributed by atoms with E-state index in [0.29, 0.717) is 25.8 Å². The number of carbonyl (C=O) groups is 3. The lowest BCUT2D eigenvalue weighted by molar-refractivity contribution is -0.127. The Morgan fingerprint density at radius 1 is 0.867 bits per heavy atom. The number of hydrogen-bond donors (Lipinski definition) is 3. The van der Waals surface area contributed by atoms with Crippen LogP contribution in [0, 0.1) is 0 Å². The lowest BCUT2D eigenvalue weighted by Crippen LogP contribution is -2.45. The first-order valence-electron chi connectivity index (χ1n) is 10.1. The third kappa shape index (κ3) is 9.23. The molecular weight excluding hydrogens is 382 g/mol. The Morgan fingerprint density at radius 3 is 2.13 bits per heavy atom. The number of rotatable bonds is 12. The second-order valence-corrected chi connectivity index (χ2v) is 7.01. The minimum absolute atomic E-state index is 0.204. The summed E-state index contributed by atoms with van der Waals surface area (Å²) in [5, 5.41) is 5.40. The van der Waals surface area contributed by atoms with Crippen LogP contribution in [0.4, 0.5) is 4.79 Å². The van der Waals surface area contributed by atoms with Gasteiger partial charge in [0.1, 0.15) is 12.6 Å². The molecule has 2 aromatic carbocycles. The molecule has 7 heteroatoms. The molecule has 160 valence electrons. The average molecular weight is 412 g/mol. The van der Waals surface area contributed by atoms with Crippen LogP contribution in [0.2, 0.25) is 0 Å². The number of amides is 3.